The number of anilines is 1. The Morgan fingerprint density at radius 1 is 1.00 bits per heavy atom. The number of nitrogens with two attached hydrogens (primary N) is 1. The molecule has 0 amide bonds. The molecule has 0 saturated heterocycles. The highest BCUT2D eigenvalue weighted by atomic mass is 16.5. The Bertz CT molecular complexity index is 555. The van der Waals surface area contributed by atoms with Gasteiger partial charge in [-0.15, -0.1) is 6.42 Å². The molecule has 0 aliphatic heterocycles. The molecule has 3 heteroatoms. The average molecular weight is 239 g/mol. The van der Waals surface area contributed by atoms with Crippen molar-refractivity contribution in [3.05, 3.63) is 48.5 Å². The molecule has 0 fully saturated rings. The van der Waals surface area contributed by atoms with Gasteiger partial charge in [0.1, 0.15) is 12.4 Å². The van der Waals surface area contributed by atoms with E-state index in [1.807, 2.05) is 24.3 Å². The lowest BCUT2D eigenvalue weighted by atomic mass is 10.3. The standard InChI is InChI=1S/C15H13NO2/c1-2-11-17-14-5-3-4-6-15(14)18-13-9-7-12(16)8-10-13/h1,3-10H,11,16H2. The Labute approximate surface area is 106 Å². The van der Waals surface area contributed by atoms with Gasteiger partial charge in [-0.05, 0) is 36.4 Å². The summed E-state index contributed by atoms with van der Waals surface area (Å²) in [6.07, 6.45) is 5.17. The van der Waals surface area contributed by atoms with Crippen LogP contribution in [0.2, 0.25) is 0 Å². The minimum Gasteiger partial charge on any atom is -0.477 e. The van der Waals surface area contributed by atoms with Gasteiger partial charge in [0.05, 0.1) is 0 Å². The van der Waals surface area contributed by atoms with Crippen molar-refractivity contribution in [3.8, 4) is 29.6 Å². The molecule has 0 aromatic heterocycles. The molecule has 0 atom stereocenters. The summed E-state index contributed by atoms with van der Waals surface area (Å²) in [7, 11) is 0. The first-order chi connectivity index (χ1) is 8.79. The van der Waals surface area contributed by atoms with Gasteiger partial charge in [-0.3, -0.25) is 0 Å². The van der Waals surface area contributed by atoms with Crippen LogP contribution in [0.3, 0.4) is 0 Å². The Kier molecular flexibility index (Phi) is 3.72. The van der Waals surface area contributed by atoms with Crippen LogP contribution in [0.5, 0.6) is 17.2 Å². The molecule has 2 aromatic carbocycles. The maximum atomic E-state index is 5.71. The lowest BCUT2D eigenvalue weighted by Gasteiger charge is -2.10. The van der Waals surface area contributed by atoms with Crippen LogP contribution in [0.4, 0.5) is 5.69 Å². The Morgan fingerprint density at radius 3 is 2.33 bits per heavy atom. The summed E-state index contributed by atoms with van der Waals surface area (Å²) in [4.78, 5) is 0. The van der Waals surface area contributed by atoms with Gasteiger partial charge in [0.25, 0.3) is 0 Å². The van der Waals surface area contributed by atoms with Crippen molar-refractivity contribution in [1.82, 2.24) is 0 Å². The molecule has 0 heterocycles. The Hall–Kier alpha value is -2.60. The van der Waals surface area contributed by atoms with Crippen LogP contribution in [0.25, 0.3) is 0 Å². The van der Waals surface area contributed by atoms with Crippen molar-refractivity contribution in [2.24, 2.45) is 0 Å². The monoisotopic (exact) mass is 239 g/mol. The molecule has 0 radical (unpaired) electrons. The average Bonchev–Trinajstić information content (AvgIpc) is 2.40. The van der Waals surface area contributed by atoms with E-state index in [0.29, 0.717) is 22.9 Å². The van der Waals surface area contributed by atoms with Crippen LogP contribution in [0.1, 0.15) is 0 Å². The highest BCUT2D eigenvalue weighted by Crippen LogP contribution is 2.31. The SMILES string of the molecule is C#CCOc1ccccc1Oc1ccc(N)cc1. The van der Waals surface area contributed by atoms with Crippen LogP contribution in [-0.2, 0) is 0 Å². The third kappa shape index (κ3) is 2.96. The second-order valence-corrected chi connectivity index (χ2v) is 3.61. The number of nitrogen functional groups attached to an aromatic ring is 1. The largest absolute Gasteiger partial charge is 0.477 e. The highest BCUT2D eigenvalue weighted by Gasteiger charge is 2.04. The van der Waals surface area contributed by atoms with Crippen molar-refractivity contribution in [1.29, 1.82) is 0 Å². The predicted molar refractivity (Wildman–Crippen MR) is 71.7 cm³/mol. The van der Waals surface area contributed by atoms with Gasteiger partial charge in [-0.1, -0.05) is 18.1 Å². The Balaban J connectivity index is 2.18. The van der Waals surface area contributed by atoms with Crippen molar-refractivity contribution in [2.45, 2.75) is 0 Å². The first kappa shape index (κ1) is 11.9. The molecule has 2 aromatic rings. The summed E-state index contributed by atoms with van der Waals surface area (Å²) in [5.74, 6) is 4.36. The summed E-state index contributed by atoms with van der Waals surface area (Å²) in [6, 6.07) is 14.5. The third-order valence-corrected chi connectivity index (χ3v) is 2.27. The predicted octanol–water partition coefficient (Wildman–Crippen LogP) is 3.07. The molecule has 0 aliphatic carbocycles. The molecular formula is C15H13NO2. The minimum atomic E-state index is 0.210. The van der Waals surface area contributed by atoms with Crippen LogP contribution in [0.15, 0.2) is 48.5 Å². The molecule has 18 heavy (non-hydrogen) atoms. The molecule has 2 N–H and O–H groups in total. The first-order valence-corrected chi connectivity index (χ1v) is 5.48. The molecule has 0 bridgehead atoms. The molecule has 90 valence electrons. The summed E-state index contributed by atoms with van der Waals surface area (Å²) < 4.78 is 11.1. The minimum absolute atomic E-state index is 0.210. The summed E-state index contributed by atoms with van der Waals surface area (Å²) in [5.41, 5.74) is 6.31. The number of terminal acetylenes is 1. The number of hydrogen-bond donors (Lipinski definition) is 1. The second-order valence-electron chi connectivity index (χ2n) is 3.61. The van der Waals surface area contributed by atoms with Gasteiger partial charge < -0.3 is 15.2 Å². The fourth-order valence-electron chi connectivity index (χ4n) is 1.44. The van der Waals surface area contributed by atoms with E-state index in [1.165, 1.54) is 0 Å². The van der Waals surface area contributed by atoms with Gasteiger partial charge in [-0.2, -0.15) is 0 Å². The van der Waals surface area contributed by atoms with E-state index < -0.39 is 0 Å². The van der Waals surface area contributed by atoms with E-state index in [1.54, 1.807) is 24.3 Å². The van der Waals surface area contributed by atoms with Crippen molar-refractivity contribution in [3.63, 3.8) is 0 Å². The molecular weight excluding hydrogens is 226 g/mol. The summed E-state index contributed by atoms with van der Waals surface area (Å²) in [6.45, 7) is 0.210. The fourth-order valence-corrected chi connectivity index (χ4v) is 1.44. The van der Waals surface area contributed by atoms with E-state index in [-0.39, 0.29) is 6.61 Å². The lowest BCUT2D eigenvalue weighted by Crippen LogP contribution is -1.96. The quantitative estimate of drug-likeness (QED) is 0.658. The summed E-state index contributed by atoms with van der Waals surface area (Å²) >= 11 is 0. The van der Waals surface area contributed by atoms with E-state index in [4.69, 9.17) is 21.6 Å². The highest BCUT2D eigenvalue weighted by molar-refractivity contribution is 5.46. The normalized spacial score (nSPS) is 9.50. The molecule has 0 spiro atoms. The number of hydrogen-bond acceptors (Lipinski definition) is 3. The summed E-state index contributed by atoms with van der Waals surface area (Å²) in [5, 5.41) is 0. The van der Waals surface area contributed by atoms with Gasteiger partial charge in [-0.25, -0.2) is 0 Å². The van der Waals surface area contributed by atoms with Gasteiger partial charge in [0, 0.05) is 5.69 Å². The smallest absolute Gasteiger partial charge is 0.169 e. The maximum absolute atomic E-state index is 5.71. The first-order valence-electron chi connectivity index (χ1n) is 5.48. The molecule has 3 nitrogen and oxygen atoms in total. The van der Waals surface area contributed by atoms with Gasteiger partial charge in [0.2, 0.25) is 0 Å². The van der Waals surface area contributed by atoms with Crippen molar-refractivity contribution in [2.75, 3.05) is 12.3 Å². The Morgan fingerprint density at radius 2 is 1.67 bits per heavy atom. The number of rotatable bonds is 4. The van der Waals surface area contributed by atoms with Crippen LogP contribution >= 0.6 is 0 Å². The maximum Gasteiger partial charge on any atom is 0.169 e. The lowest BCUT2D eigenvalue weighted by molar-refractivity contribution is 0.346. The molecule has 0 saturated carbocycles. The van der Waals surface area contributed by atoms with Crippen LogP contribution in [-0.4, -0.2) is 6.61 Å². The molecule has 0 aliphatic rings. The second kappa shape index (κ2) is 5.65. The van der Waals surface area contributed by atoms with E-state index in [9.17, 15) is 0 Å². The molecule has 0 unspecified atom stereocenters. The van der Waals surface area contributed by atoms with E-state index >= 15 is 0 Å². The number of benzene rings is 2. The van der Waals surface area contributed by atoms with Gasteiger partial charge in [0.15, 0.2) is 11.5 Å². The third-order valence-electron chi connectivity index (χ3n) is 2.27. The van der Waals surface area contributed by atoms with Gasteiger partial charge >= 0.3 is 0 Å². The zero-order chi connectivity index (χ0) is 12.8. The zero-order valence-corrected chi connectivity index (χ0v) is 9.80. The van der Waals surface area contributed by atoms with E-state index in [0.717, 1.165) is 0 Å². The van der Waals surface area contributed by atoms with Crippen LogP contribution < -0.4 is 15.2 Å². The molecule has 2 rings (SSSR count). The number of para-hydroxylation sites is 2. The van der Waals surface area contributed by atoms with Crippen molar-refractivity contribution < 1.29 is 9.47 Å². The zero-order valence-electron chi connectivity index (χ0n) is 9.80. The van der Waals surface area contributed by atoms with Crippen LogP contribution in [0, 0.1) is 12.3 Å². The topological polar surface area (TPSA) is 44.5 Å². The fraction of sp³-hybridized carbons (Fsp3) is 0.0667. The van der Waals surface area contributed by atoms with Crippen molar-refractivity contribution >= 4 is 5.69 Å². The van der Waals surface area contributed by atoms with E-state index in [2.05, 4.69) is 5.92 Å². The number of ether oxygens (including phenoxy) is 2.